The predicted octanol–water partition coefficient (Wildman–Crippen LogP) is 5.29. The van der Waals surface area contributed by atoms with Crippen LogP contribution in [0.1, 0.15) is 64.4 Å². The van der Waals surface area contributed by atoms with Crippen LogP contribution in [0.5, 0.6) is 5.75 Å². The summed E-state index contributed by atoms with van der Waals surface area (Å²) in [5.74, 6) is 3.00. The first-order chi connectivity index (χ1) is 13.8. The number of nitrogens with zero attached hydrogens (tertiary/aromatic N) is 5. The second-order valence-electron chi connectivity index (χ2n) is 8.01. The van der Waals surface area contributed by atoms with Crippen molar-refractivity contribution >= 4 is 11.8 Å². The van der Waals surface area contributed by atoms with Crippen molar-refractivity contribution in [2.75, 3.05) is 7.11 Å². The largest absolute Gasteiger partial charge is 0.497 e. The highest BCUT2D eigenvalue weighted by molar-refractivity contribution is 7.99. The van der Waals surface area contributed by atoms with Crippen LogP contribution >= 0.6 is 11.8 Å². The van der Waals surface area contributed by atoms with E-state index in [9.17, 15) is 0 Å². The molecular formula is C21H29N5O2S. The van der Waals surface area contributed by atoms with Crippen LogP contribution in [0.15, 0.2) is 33.9 Å². The first-order valence-corrected chi connectivity index (χ1v) is 10.8. The standard InChI is InChI=1S/C21H29N5O2S/c1-7-8-13-26-17(15-9-11-16(27-6)12-10-15)23-24-20(26)29-14(2)18-22-19(25-28-18)21(3,4)5/h9-12,14H,7-8,13H2,1-6H3. The Morgan fingerprint density at radius 1 is 1.17 bits per heavy atom. The number of hydrogen-bond donors (Lipinski definition) is 0. The van der Waals surface area contributed by atoms with Crippen molar-refractivity contribution in [3.05, 3.63) is 36.0 Å². The Labute approximate surface area is 176 Å². The van der Waals surface area contributed by atoms with Crippen LogP contribution in [0, 0.1) is 0 Å². The van der Waals surface area contributed by atoms with Crippen molar-refractivity contribution in [3.63, 3.8) is 0 Å². The fourth-order valence-corrected chi connectivity index (χ4v) is 3.67. The molecule has 0 radical (unpaired) electrons. The normalized spacial score (nSPS) is 12.9. The molecule has 0 aliphatic carbocycles. The second-order valence-corrected chi connectivity index (χ2v) is 9.31. The van der Waals surface area contributed by atoms with Crippen LogP contribution < -0.4 is 4.74 Å². The van der Waals surface area contributed by atoms with Crippen molar-refractivity contribution in [2.45, 2.75) is 69.8 Å². The van der Waals surface area contributed by atoms with Gasteiger partial charge in [0, 0.05) is 17.5 Å². The quantitative estimate of drug-likeness (QED) is 0.463. The topological polar surface area (TPSA) is 78.9 Å². The summed E-state index contributed by atoms with van der Waals surface area (Å²) in [6.45, 7) is 11.3. The molecule has 0 spiro atoms. The Bertz CT molecular complexity index is 927. The van der Waals surface area contributed by atoms with Gasteiger partial charge in [0.25, 0.3) is 0 Å². The number of thioether (sulfide) groups is 1. The molecular weight excluding hydrogens is 386 g/mol. The van der Waals surface area contributed by atoms with Gasteiger partial charge in [0.15, 0.2) is 16.8 Å². The van der Waals surface area contributed by atoms with E-state index >= 15 is 0 Å². The van der Waals surface area contributed by atoms with Gasteiger partial charge in [0.1, 0.15) is 5.75 Å². The van der Waals surface area contributed by atoms with Crippen molar-refractivity contribution < 1.29 is 9.26 Å². The van der Waals surface area contributed by atoms with E-state index in [0.29, 0.717) is 11.7 Å². The minimum absolute atomic E-state index is 0.0214. The Kier molecular flexibility index (Phi) is 6.62. The summed E-state index contributed by atoms with van der Waals surface area (Å²) in [6, 6.07) is 7.90. The average molecular weight is 416 g/mol. The molecule has 0 amide bonds. The maximum absolute atomic E-state index is 5.51. The SMILES string of the molecule is CCCCn1c(SC(C)c2nc(C(C)(C)C)no2)nnc1-c1ccc(OC)cc1. The number of benzene rings is 1. The van der Waals surface area contributed by atoms with Crippen molar-refractivity contribution in [1.82, 2.24) is 24.9 Å². The number of unbranched alkanes of at least 4 members (excludes halogenated alkanes) is 1. The molecule has 0 saturated heterocycles. The third-order valence-corrected chi connectivity index (χ3v) is 5.61. The van der Waals surface area contributed by atoms with E-state index in [1.54, 1.807) is 18.9 Å². The fraction of sp³-hybridized carbons (Fsp3) is 0.524. The molecule has 0 fully saturated rings. The minimum atomic E-state index is -0.144. The van der Waals surface area contributed by atoms with E-state index in [1.807, 2.05) is 24.3 Å². The van der Waals surface area contributed by atoms with Crippen LogP contribution in [-0.4, -0.2) is 32.0 Å². The highest BCUT2D eigenvalue weighted by Gasteiger charge is 2.25. The van der Waals surface area contributed by atoms with Gasteiger partial charge in [0.2, 0.25) is 5.89 Å². The second kappa shape index (κ2) is 8.98. The molecule has 1 aromatic carbocycles. The van der Waals surface area contributed by atoms with Gasteiger partial charge in [-0.25, -0.2) is 0 Å². The molecule has 3 aromatic rings. The van der Waals surface area contributed by atoms with Crippen LogP contribution in [0.2, 0.25) is 0 Å². The Morgan fingerprint density at radius 2 is 1.90 bits per heavy atom. The fourth-order valence-electron chi connectivity index (χ4n) is 2.76. The molecule has 2 aromatic heterocycles. The monoisotopic (exact) mass is 415 g/mol. The summed E-state index contributed by atoms with van der Waals surface area (Å²) >= 11 is 1.59. The zero-order valence-corrected chi connectivity index (χ0v) is 18.8. The lowest BCUT2D eigenvalue weighted by atomic mass is 9.96. The summed E-state index contributed by atoms with van der Waals surface area (Å²) < 4.78 is 12.9. The van der Waals surface area contributed by atoms with Gasteiger partial charge in [0.05, 0.1) is 12.4 Å². The molecule has 1 atom stereocenters. The van der Waals surface area contributed by atoms with Crippen LogP contribution in [0.25, 0.3) is 11.4 Å². The smallest absolute Gasteiger partial charge is 0.239 e. The maximum Gasteiger partial charge on any atom is 0.239 e. The first kappa shape index (κ1) is 21.4. The summed E-state index contributed by atoms with van der Waals surface area (Å²) in [5, 5.41) is 13.9. The molecule has 0 aliphatic heterocycles. The van der Waals surface area contributed by atoms with E-state index in [2.05, 4.69) is 59.5 Å². The molecule has 0 bridgehead atoms. The van der Waals surface area contributed by atoms with Gasteiger partial charge >= 0.3 is 0 Å². The Hall–Kier alpha value is -2.35. The van der Waals surface area contributed by atoms with Gasteiger partial charge in [-0.2, -0.15) is 4.98 Å². The number of methoxy groups -OCH3 is 1. The summed E-state index contributed by atoms with van der Waals surface area (Å²) in [7, 11) is 1.66. The zero-order valence-electron chi connectivity index (χ0n) is 18.0. The van der Waals surface area contributed by atoms with Gasteiger partial charge in [-0.1, -0.05) is 51.0 Å². The average Bonchev–Trinajstić information content (AvgIpc) is 3.34. The predicted molar refractivity (Wildman–Crippen MR) is 114 cm³/mol. The van der Waals surface area contributed by atoms with Gasteiger partial charge in [-0.15, -0.1) is 10.2 Å². The highest BCUT2D eigenvalue weighted by Crippen LogP contribution is 2.36. The summed E-state index contributed by atoms with van der Waals surface area (Å²) in [6.07, 6.45) is 2.15. The van der Waals surface area contributed by atoms with Gasteiger partial charge in [-0.3, -0.25) is 0 Å². The summed E-state index contributed by atoms with van der Waals surface area (Å²) in [4.78, 5) is 4.58. The Balaban J connectivity index is 1.86. The summed E-state index contributed by atoms with van der Waals surface area (Å²) in [5.41, 5.74) is 0.871. The molecule has 7 nitrogen and oxygen atoms in total. The Morgan fingerprint density at radius 3 is 2.48 bits per heavy atom. The molecule has 2 heterocycles. The van der Waals surface area contributed by atoms with Crippen molar-refractivity contribution in [1.29, 1.82) is 0 Å². The van der Waals surface area contributed by atoms with Gasteiger partial charge in [-0.05, 0) is 37.6 Å². The molecule has 8 heteroatoms. The van der Waals surface area contributed by atoms with Crippen molar-refractivity contribution in [3.8, 4) is 17.1 Å². The zero-order chi connectivity index (χ0) is 21.0. The molecule has 0 N–H and O–H groups in total. The lowest BCUT2D eigenvalue weighted by Gasteiger charge is -2.12. The number of hydrogen-bond acceptors (Lipinski definition) is 7. The minimum Gasteiger partial charge on any atom is -0.497 e. The maximum atomic E-state index is 5.51. The molecule has 29 heavy (non-hydrogen) atoms. The lowest BCUT2D eigenvalue weighted by molar-refractivity contribution is 0.364. The molecule has 0 saturated carbocycles. The van der Waals surface area contributed by atoms with Crippen LogP contribution in [0.3, 0.4) is 0 Å². The van der Waals surface area contributed by atoms with E-state index in [0.717, 1.165) is 41.7 Å². The number of ether oxygens (including phenoxy) is 1. The first-order valence-electron chi connectivity index (χ1n) is 9.91. The van der Waals surface area contributed by atoms with Crippen LogP contribution in [-0.2, 0) is 12.0 Å². The highest BCUT2D eigenvalue weighted by atomic mass is 32.2. The lowest BCUT2D eigenvalue weighted by Crippen LogP contribution is -2.13. The van der Waals surface area contributed by atoms with E-state index in [-0.39, 0.29) is 10.7 Å². The van der Waals surface area contributed by atoms with Crippen LogP contribution in [0.4, 0.5) is 0 Å². The molecule has 156 valence electrons. The molecule has 3 rings (SSSR count). The van der Waals surface area contributed by atoms with E-state index in [1.165, 1.54) is 0 Å². The van der Waals surface area contributed by atoms with Gasteiger partial charge < -0.3 is 13.8 Å². The number of aromatic nitrogens is 5. The van der Waals surface area contributed by atoms with Crippen molar-refractivity contribution in [2.24, 2.45) is 0 Å². The molecule has 1 unspecified atom stereocenters. The molecule has 0 aliphatic rings. The number of rotatable bonds is 8. The van der Waals surface area contributed by atoms with E-state index in [4.69, 9.17) is 9.26 Å². The van der Waals surface area contributed by atoms with E-state index < -0.39 is 0 Å². The third-order valence-electron chi connectivity index (χ3n) is 4.54. The third kappa shape index (κ3) is 4.98.